The first-order chi connectivity index (χ1) is 17.0. The summed E-state index contributed by atoms with van der Waals surface area (Å²) in [5.41, 5.74) is 1.48. The van der Waals surface area contributed by atoms with Gasteiger partial charge in [0, 0.05) is 50.1 Å². The molecule has 6 rings (SSSR count). The summed E-state index contributed by atoms with van der Waals surface area (Å²) >= 11 is 0. The van der Waals surface area contributed by atoms with Gasteiger partial charge in [-0.1, -0.05) is 6.07 Å². The summed E-state index contributed by atoms with van der Waals surface area (Å²) < 4.78 is 15.6. The van der Waals surface area contributed by atoms with Crippen molar-refractivity contribution in [2.75, 3.05) is 54.0 Å². The van der Waals surface area contributed by atoms with Gasteiger partial charge in [-0.2, -0.15) is 19.6 Å². The number of carbonyl (C=O) groups excluding carboxylic acids is 2. The molecule has 35 heavy (non-hydrogen) atoms. The largest absolute Gasteiger partial charge is 0.353 e. The third kappa shape index (κ3) is 4.04. The van der Waals surface area contributed by atoms with Crippen molar-refractivity contribution in [1.82, 2.24) is 29.9 Å². The summed E-state index contributed by atoms with van der Waals surface area (Å²) in [6.07, 6.45) is 4.56. The van der Waals surface area contributed by atoms with Crippen LogP contribution in [0.2, 0.25) is 0 Å². The molecule has 0 radical (unpaired) electrons. The van der Waals surface area contributed by atoms with Crippen molar-refractivity contribution in [1.29, 1.82) is 0 Å². The van der Waals surface area contributed by atoms with E-state index in [1.54, 1.807) is 23.0 Å². The molecule has 0 saturated carbocycles. The minimum absolute atomic E-state index is 0.0199. The van der Waals surface area contributed by atoms with Crippen LogP contribution in [0.4, 0.5) is 22.1 Å². The lowest BCUT2D eigenvalue weighted by Crippen LogP contribution is -2.47. The Labute approximate surface area is 200 Å². The van der Waals surface area contributed by atoms with Crippen molar-refractivity contribution >= 4 is 41.3 Å². The molecule has 180 valence electrons. The topological polar surface area (TPSA) is 112 Å². The number of anilines is 3. The fraction of sp³-hybridized carbons (Fsp3) is 0.391. The van der Waals surface area contributed by atoms with Gasteiger partial charge in [-0.25, -0.2) is 9.37 Å². The van der Waals surface area contributed by atoms with Gasteiger partial charge in [0.1, 0.15) is 12.0 Å². The molecule has 0 aromatic carbocycles. The van der Waals surface area contributed by atoms with Crippen LogP contribution in [0.1, 0.15) is 18.4 Å². The number of carbonyl (C=O) groups is 2. The van der Waals surface area contributed by atoms with Crippen LogP contribution >= 0.6 is 0 Å². The Bertz CT molecular complexity index is 1320. The number of imide groups is 1. The lowest BCUT2D eigenvalue weighted by Gasteiger charge is -2.35. The number of nitrogens with one attached hydrogen (secondary N) is 1. The molecule has 3 saturated heterocycles. The van der Waals surface area contributed by atoms with E-state index in [4.69, 9.17) is 9.97 Å². The second-order valence-corrected chi connectivity index (χ2v) is 8.88. The van der Waals surface area contributed by atoms with Crippen molar-refractivity contribution in [3.05, 3.63) is 41.7 Å². The monoisotopic (exact) mass is 477 g/mol. The minimum Gasteiger partial charge on any atom is -0.353 e. The number of hydrogen-bond acceptors (Lipinski definition) is 9. The zero-order valence-electron chi connectivity index (χ0n) is 19.0. The van der Waals surface area contributed by atoms with Crippen molar-refractivity contribution in [3.63, 3.8) is 0 Å². The van der Waals surface area contributed by atoms with Crippen LogP contribution in [0, 0.1) is 0 Å². The molecule has 1 N–H and O–H groups in total. The van der Waals surface area contributed by atoms with E-state index in [0.717, 1.165) is 18.9 Å². The van der Waals surface area contributed by atoms with E-state index in [-0.39, 0.29) is 18.9 Å². The number of fused-ring (bicyclic) bond motifs is 1. The number of alkyl halides is 1. The fourth-order valence-corrected chi connectivity index (χ4v) is 4.70. The SMILES string of the molecule is O=C1C/C(=C\c2cnn3c(N4CCC(F)C4)nc(N4CCN(c5ccccn5)CC4)nc23)C(=O)N1. The number of pyridine rings is 1. The number of hydrogen-bond donors (Lipinski definition) is 1. The van der Waals surface area contributed by atoms with Gasteiger partial charge in [0.05, 0.1) is 19.2 Å². The summed E-state index contributed by atoms with van der Waals surface area (Å²) in [6, 6.07) is 5.86. The van der Waals surface area contributed by atoms with Gasteiger partial charge in [0.15, 0.2) is 5.65 Å². The summed E-state index contributed by atoms with van der Waals surface area (Å²) in [5.74, 6) is 1.25. The maximum absolute atomic E-state index is 14.1. The molecule has 3 fully saturated rings. The molecule has 0 bridgehead atoms. The average molecular weight is 478 g/mol. The molecular formula is C23H24FN9O2. The Morgan fingerprint density at radius 2 is 1.86 bits per heavy atom. The van der Waals surface area contributed by atoms with Crippen LogP contribution < -0.4 is 20.0 Å². The summed E-state index contributed by atoms with van der Waals surface area (Å²) in [4.78, 5) is 43.9. The highest BCUT2D eigenvalue weighted by Gasteiger charge is 2.29. The normalized spacial score (nSPS) is 22.0. The maximum atomic E-state index is 14.1. The summed E-state index contributed by atoms with van der Waals surface area (Å²) in [7, 11) is 0. The van der Waals surface area contributed by atoms with Gasteiger partial charge in [-0.15, -0.1) is 0 Å². The van der Waals surface area contributed by atoms with E-state index in [1.165, 1.54) is 0 Å². The number of rotatable bonds is 4. The lowest BCUT2D eigenvalue weighted by molar-refractivity contribution is -0.124. The van der Waals surface area contributed by atoms with Gasteiger partial charge in [0.25, 0.3) is 5.91 Å². The molecule has 1 atom stereocenters. The quantitative estimate of drug-likeness (QED) is 0.431. The molecule has 3 aliphatic heterocycles. The van der Waals surface area contributed by atoms with E-state index in [1.807, 2.05) is 23.1 Å². The molecule has 12 heteroatoms. The molecule has 2 amide bonds. The van der Waals surface area contributed by atoms with E-state index in [2.05, 4.69) is 25.2 Å². The van der Waals surface area contributed by atoms with Crippen LogP contribution in [-0.4, -0.2) is 81.8 Å². The van der Waals surface area contributed by atoms with E-state index in [0.29, 0.717) is 54.7 Å². The van der Waals surface area contributed by atoms with Crippen LogP contribution in [0.15, 0.2) is 36.2 Å². The average Bonchev–Trinajstić information content (AvgIpc) is 3.58. The van der Waals surface area contributed by atoms with Gasteiger partial charge in [-0.05, 0) is 24.6 Å². The number of halogens is 1. The third-order valence-corrected chi connectivity index (χ3v) is 6.54. The second kappa shape index (κ2) is 8.60. The van der Waals surface area contributed by atoms with Crippen LogP contribution in [0.25, 0.3) is 11.7 Å². The fourth-order valence-electron chi connectivity index (χ4n) is 4.70. The molecule has 11 nitrogen and oxygen atoms in total. The van der Waals surface area contributed by atoms with Crippen LogP contribution in [-0.2, 0) is 9.59 Å². The predicted molar refractivity (Wildman–Crippen MR) is 127 cm³/mol. The summed E-state index contributed by atoms with van der Waals surface area (Å²) in [5, 5.41) is 6.74. The molecule has 0 aliphatic carbocycles. The van der Waals surface area contributed by atoms with E-state index in [9.17, 15) is 14.0 Å². The van der Waals surface area contributed by atoms with Gasteiger partial charge in [0.2, 0.25) is 17.8 Å². The highest BCUT2D eigenvalue weighted by atomic mass is 19.1. The molecule has 3 aromatic rings. The lowest BCUT2D eigenvalue weighted by atomic mass is 10.1. The van der Waals surface area contributed by atoms with Crippen molar-refractivity contribution in [2.45, 2.75) is 19.0 Å². The Kier molecular flexibility index (Phi) is 5.27. The number of piperazine rings is 1. The van der Waals surface area contributed by atoms with Crippen molar-refractivity contribution in [2.24, 2.45) is 0 Å². The molecule has 1 unspecified atom stereocenters. The molecule has 0 spiro atoms. The van der Waals surface area contributed by atoms with E-state index < -0.39 is 12.1 Å². The van der Waals surface area contributed by atoms with Gasteiger partial charge < -0.3 is 14.7 Å². The third-order valence-electron chi connectivity index (χ3n) is 6.54. The Morgan fingerprint density at radius 1 is 1.03 bits per heavy atom. The first-order valence-electron chi connectivity index (χ1n) is 11.7. The van der Waals surface area contributed by atoms with Gasteiger partial charge >= 0.3 is 0 Å². The smallest absolute Gasteiger partial charge is 0.254 e. The first-order valence-corrected chi connectivity index (χ1v) is 11.7. The number of nitrogens with zero attached hydrogens (tertiary/aromatic N) is 8. The maximum Gasteiger partial charge on any atom is 0.254 e. The standard InChI is InChI=1S/C23H24FN9O2/c24-17-4-6-32(14-17)23-29-22(31-9-7-30(8-10-31)18-3-1-2-5-25-18)28-20-16(13-26-33(20)23)11-15-12-19(34)27-21(15)35/h1-3,5,11,13,17H,4,6-10,12,14H2,(H,27,34,35)/b15-11+. The molecule has 6 heterocycles. The molecular weight excluding hydrogens is 453 g/mol. The van der Waals surface area contributed by atoms with E-state index >= 15 is 0 Å². The predicted octanol–water partition coefficient (Wildman–Crippen LogP) is 0.824. The zero-order chi connectivity index (χ0) is 23.9. The minimum atomic E-state index is -0.921. The Balaban J connectivity index is 1.35. The van der Waals surface area contributed by atoms with Crippen molar-refractivity contribution < 1.29 is 14.0 Å². The first kappa shape index (κ1) is 21.4. The highest BCUT2D eigenvalue weighted by molar-refractivity contribution is 6.15. The Hall–Kier alpha value is -4.09. The van der Waals surface area contributed by atoms with Crippen molar-refractivity contribution in [3.8, 4) is 0 Å². The molecule has 3 aromatic heterocycles. The van der Waals surface area contributed by atoms with Crippen LogP contribution in [0.5, 0.6) is 0 Å². The number of aromatic nitrogens is 5. The molecule has 3 aliphatic rings. The van der Waals surface area contributed by atoms with Gasteiger partial charge in [-0.3, -0.25) is 14.9 Å². The summed E-state index contributed by atoms with van der Waals surface area (Å²) in [6.45, 7) is 3.68. The zero-order valence-corrected chi connectivity index (χ0v) is 19.0. The highest BCUT2D eigenvalue weighted by Crippen LogP contribution is 2.27. The number of amides is 2. The Morgan fingerprint density at radius 3 is 2.54 bits per heavy atom. The van der Waals surface area contributed by atoms with Crippen LogP contribution in [0.3, 0.4) is 0 Å². The second-order valence-electron chi connectivity index (χ2n) is 8.88.